The van der Waals surface area contributed by atoms with Crippen molar-refractivity contribution < 1.29 is 9.53 Å². The van der Waals surface area contributed by atoms with Crippen LogP contribution in [0.1, 0.15) is 27.2 Å². The zero-order chi connectivity index (χ0) is 15.1. The molecule has 1 rings (SSSR count). The fourth-order valence-corrected chi connectivity index (χ4v) is 2.04. The SMILES string of the molecule is CCOC(=O)CCNc1cnn(CC(C)C)c(=O)c1Br. The summed E-state index contributed by atoms with van der Waals surface area (Å²) in [4.78, 5) is 23.3. The van der Waals surface area contributed by atoms with Gasteiger partial charge in [0.2, 0.25) is 0 Å². The first-order valence-corrected chi connectivity index (χ1v) is 7.40. The maximum atomic E-state index is 12.0. The van der Waals surface area contributed by atoms with Crippen LogP contribution in [0.2, 0.25) is 0 Å². The van der Waals surface area contributed by atoms with Crippen LogP contribution in [0.15, 0.2) is 15.5 Å². The maximum absolute atomic E-state index is 12.0. The lowest BCUT2D eigenvalue weighted by Crippen LogP contribution is -2.26. The van der Waals surface area contributed by atoms with Crippen molar-refractivity contribution >= 4 is 27.6 Å². The Bertz CT molecular complexity index is 514. The predicted molar refractivity (Wildman–Crippen MR) is 80.8 cm³/mol. The summed E-state index contributed by atoms with van der Waals surface area (Å²) in [6.45, 7) is 7.14. The van der Waals surface area contributed by atoms with E-state index in [2.05, 4.69) is 26.3 Å². The number of carbonyl (C=O) groups is 1. The third-order valence-corrected chi connectivity index (χ3v) is 3.24. The van der Waals surface area contributed by atoms with Crippen LogP contribution in [0.5, 0.6) is 0 Å². The monoisotopic (exact) mass is 345 g/mol. The molecule has 0 atom stereocenters. The number of hydrogen-bond acceptors (Lipinski definition) is 5. The number of carbonyl (C=O) groups excluding carboxylic acids is 1. The summed E-state index contributed by atoms with van der Waals surface area (Å²) in [5.74, 6) is 0.0759. The average molecular weight is 346 g/mol. The van der Waals surface area contributed by atoms with Gasteiger partial charge >= 0.3 is 5.97 Å². The molecule has 0 amide bonds. The minimum Gasteiger partial charge on any atom is -0.466 e. The first kappa shape index (κ1) is 16.7. The van der Waals surface area contributed by atoms with Gasteiger partial charge in [-0.15, -0.1) is 0 Å². The summed E-state index contributed by atoms with van der Waals surface area (Å²) in [6, 6.07) is 0. The first-order valence-electron chi connectivity index (χ1n) is 6.60. The van der Waals surface area contributed by atoms with Crippen LogP contribution in [0.4, 0.5) is 5.69 Å². The molecule has 1 N–H and O–H groups in total. The van der Waals surface area contributed by atoms with Gasteiger partial charge < -0.3 is 10.1 Å². The molecule has 0 aliphatic carbocycles. The Morgan fingerprint density at radius 3 is 2.85 bits per heavy atom. The fraction of sp³-hybridized carbons (Fsp3) is 0.615. The van der Waals surface area contributed by atoms with E-state index >= 15 is 0 Å². The number of halogens is 1. The second-order valence-electron chi connectivity index (χ2n) is 4.74. The Labute approximate surface area is 126 Å². The third kappa shape index (κ3) is 4.96. The lowest BCUT2D eigenvalue weighted by Gasteiger charge is -2.11. The van der Waals surface area contributed by atoms with Gasteiger partial charge in [0.05, 0.1) is 24.9 Å². The fourth-order valence-electron chi connectivity index (χ4n) is 1.60. The Morgan fingerprint density at radius 1 is 1.55 bits per heavy atom. The minimum absolute atomic E-state index is 0.181. The summed E-state index contributed by atoms with van der Waals surface area (Å²) in [5, 5.41) is 7.11. The molecule has 0 spiro atoms. The van der Waals surface area contributed by atoms with Gasteiger partial charge in [-0.25, -0.2) is 4.68 Å². The third-order valence-electron chi connectivity index (χ3n) is 2.47. The molecule has 0 bridgehead atoms. The normalized spacial score (nSPS) is 10.7. The molecule has 0 aromatic carbocycles. The van der Waals surface area contributed by atoms with Gasteiger partial charge in [0.1, 0.15) is 4.47 Å². The van der Waals surface area contributed by atoms with E-state index in [9.17, 15) is 9.59 Å². The topological polar surface area (TPSA) is 73.2 Å². The number of esters is 1. The van der Waals surface area contributed by atoms with E-state index in [0.717, 1.165) is 0 Å². The van der Waals surface area contributed by atoms with Crippen LogP contribution < -0.4 is 10.9 Å². The van der Waals surface area contributed by atoms with E-state index in [1.807, 2.05) is 13.8 Å². The van der Waals surface area contributed by atoms with E-state index in [-0.39, 0.29) is 17.9 Å². The van der Waals surface area contributed by atoms with Crippen molar-refractivity contribution in [3.63, 3.8) is 0 Å². The predicted octanol–water partition coefficient (Wildman–Crippen LogP) is 2.03. The van der Waals surface area contributed by atoms with Crippen LogP contribution in [0.25, 0.3) is 0 Å². The van der Waals surface area contributed by atoms with Gasteiger partial charge in [0, 0.05) is 13.1 Å². The van der Waals surface area contributed by atoms with Crippen LogP contribution in [0.3, 0.4) is 0 Å². The number of rotatable bonds is 7. The molecule has 1 aromatic rings. The van der Waals surface area contributed by atoms with Crippen LogP contribution >= 0.6 is 15.9 Å². The van der Waals surface area contributed by atoms with Gasteiger partial charge in [0.25, 0.3) is 5.56 Å². The second-order valence-corrected chi connectivity index (χ2v) is 5.53. The molecule has 6 nitrogen and oxygen atoms in total. The van der Waals surface area contributed by atoms with Gasteiger partial charge in [-0.2, -0.15) is 5.10 Å². The largest absolute Gasteiger partial charge is 0.466 e. The summed E-state index contributed by atoms with van der Waals surface area (Å²) >= 11 is 3.27. The summed E-state index contributed by atoms with van der Waals surface area (Å²) in [7, 11) is 0. The zero-order valence-corrected chi connectivity index (χ0v) is 13.6. The van der Waals surface area contributed by atoms with Gasteiger partial charge in [-0.3, -0.25) is 9.59 Å². The number of nitrogens with one attached hydrogen (secondary N) is 1. The zero-order valence-electron chi connectivity index (χ0n) is 12.0. The highest BCUT2D eigenvalue weighted by atomic mass is 79.9. The Balaban J connectivity index is 2.66. The van der Waals surface area contributed by atoms with Crippen LogP contribution in [-0.4, -0.2) is 28.9 Å². The number of hydrogen-bond donors (Lipinski definition) is 1. The number of anilines is 1. The van der Waals surface area contributed by atoms with E-state index in [4.69, 9.17) is 4.74 Å². The molecule has 7 heteroatoms. The Kier molecular flexibility index (Phi) is 6.70. The molecular weight excluding hydrogens is 326 g/mol. The minimum atomic E-state index is -0.266. The quantitative estimate of drug-likeness (QED) is 0.765. The average Bonchev–Trinajstić information content (AvgIpc) is 2.37. The van der Waals surface area contributed by atoms with Crippen LogP contribution in [0, 0.1) is 5.92 Å². The maximum Gasteiger partial charge on any atom is 0.307 e. The Morgan fingerprint density at radius 2 is 2.25 bits per heavy atom. The molecule has 0 fully saturated rings. The van der Waals surface area contributed by atoms with Crippen LogP contribution in [-0.2, 0) is 16.1 Å². The van der Waals surface area contributed by atoms with E-state index in [1.54, 1.807) is 13.1 Å². The molecular formula is C13H20BrN3O3. The lowest BCUT2D eigenvalue weighted by molar-refractivity contribution is -0.142. The number of nitrogens with zero attached hydrogens (tertiary/aromatic N) is 2. The van der Waals surface area contributed by atoms with Gasteiger partial charge in [0.15, 0.2) is 0 Å². The molecule has 0 saturated heterocycles. The van der Waals surface area contributed by atoms with E-state index in [0.29, 0.717) is 35.8 Å². The summed E-state index contributed by atoms with van der Waals surface area (Å²) in [6.07, 6.45) is 1.83. The highest BCUT2D eigenvalue weighted by Crippen LogP contribution is 2.16. The molecule has 112 valence electrons. The van der Waals surface area contributed by atoms with Crippen molar-refractivity contribution in [2.45, 2.75) is 33.7 Å². The van der Waals surface area contributed by atoms with Gasteiger partial charge in [-0.1, -0.05) is 13.8 Å². The van der Waals surface area contributed by atoms with Crippen molar-refractivity contribution in [2.24, 2.45) is 5.92 Å². The molecule has 1 aromatic heterocycles. The van der Waals surface area contributed by atoms with Crippen molar-refractivity contribution in [2.75, 3.05) is 18.5 Å². The molecule has 0 radical (unpaired) electrons. The van der Waals surface area contributed by atoms with E-state index in [1.165, 1.54) is 4.68 Å². The standard InChI is InChI=1S/C13H20BrN3O3/c1-4-20-11(18)5-6-15-10-7-16-17(8-9(2)3)13(19)12(10)14/h7,9,15H,4-6,8H2,1-3H3. The van der Waals surface area contributed by atoms with E-state index < -0.39 is 0 Å². The van der Waals surface area contributed by atoms with Crippen molar-refractivity contribution in [3.8, 4) is 0 Å². The molecule has 0 aliphatic heterocycles. The summed E-state index contributed by atoms with van der Waals surface area (Å²) < 4.78 is 6.67. The molecule has 20 heavy (non-hydrogen) atoms. The first-order chi connectivity index (χ1) is 9.45. The number of aromatic nitrogens is 2. The highest BCUT2D eigenvalue weighted by Gasteiger charge is 2.10. The van der Waals surface area contributed by atoms with Crippen molar-refractivity contribution in [1.82, 2.24) is 9.78 Å². The van der Waals surface area contributed by atoms with Crippen molar-refractivity contribution in [1.29, 1.82) is 0 Å². The lowest BCUT2D eigenvalue weighted by atomic mass is 10.2. The summed E-state index contributed by atoms with van der Waals surface area (Å²) in [5.41, 5.74) is 0.402. The smallest absolute Gasteiger partial charge is 0.307 e. The second kappa shape index (κ2) is 8.04. The Hall–Kier alpha value is -1.37. The molecule has 0 unspecified atom stereocenters. The molecule has 1 heterocycles. The van der Waals surface area contributed by atoms with Crippen molar-refractivity contribution in [3.05, 3.63) is 21.0 Å². The number of ether oxygens (including phenoxy) is 1. The molecule has 0 aliphatic rings. The highest BCUT2D eigenvalue weighted by molar-refractivity contribution is 9.10. The molecule has 0 saturated carbocycles. The van der Waals surface area contributed by atoms with Gasteiger partial charge in [-0.05, 0) is 28.8 Å².